The van der Waals surface area contributed by atoms with Crippen molar-refractivity contribution in [3.63, 3.8) is 0 Å². The Balaban J connectivity index is 1.46. The van der Waals surface area contributed by atoms with Gasteiger partial charge in [-0.2, -0.15) is 4.98 Å². The first kappa shape index (κ1) is 30.2. The fraction of sp³-hybridized carbons (Fsp3) is 0.321. The van der Waals surface area contributed by atoms with E-state index in [0.717, 1.165) is 25.3 Å². The number of nitrogens with one attached hydrogen (secondary N) is 3. The Bertz CT molecular complexity index is 1890. The highest BCUT2D eigenvalue weighted by Crippen LogP contribution is 2.32. The van der Waals surface area contributed by atoms with Crippen molar-refractivity contribution in [3.8, 4) is 17.0 Å². The number of halogens is 2. The summed E-state index contributed by atoms with van der Waals surface area (Å²) in [5.41, 5.74) is -0.749. The standard InChI is InChI=1S/C28H29ClFN7O5S/c1-31-25(38)15-6-4-7-18(10-15)34-28-33-13-16-11-20(27(39)37(2)24(16)35-28)19-8-5-9-21(23(19)30)36-43(40,41)22-12-17(29)14-32-26(22)42-3/h5,8-9,11-15,18,36H,4,6-7,10H2,1-3H3,(H,31,38)(H,33,34,35)/t15-,18-/m0/s1. The molecule has 4 aromatic rings. The summed E-state index contributed by atoms with van der Waals surface area (Å²) in [6, 6.07) is 6.62. The van der Waals surface area contributed by atoms with E-state index >= 15 is 4.39 Å². The molecule has 0 spiro atoms. The molecule has 5 rings (SSSR count). The van der Waals surface area contributed by atoms with Gasteiger partial charge in [-0.15, -0.1) is 0 Å². The summed E-state index contributed by atoms with van der Waals surface area (Å²) in [5.74, 6) is -0.959. The Morgan fingerprint density at radius 3 is 2.70 bits per heavy atom. The van der Waals surface area contributed by atoms with E-state index in [1.165, 1.54) is 55.4 Å². The molecule has 0 aliphatic heterocycles. The number of nitrogens with zero attached hydrogens (tertiary/aromatic N) is 4. The van der Waals surface area contributed by atoms with Gasteiger partial charge in [0.25, 0.3) is 15.6 Å². The molecule has 0 radical (unpaired) electrons. The third-order valence-electron chi connectivity index (χ3n) is 7.37. The Labute approximate surface area is 251 Å². The zero-order valence-electron chi connectivity index (χ0n) is 23.5. The highest BCUT2D eigenvalue weighted by molar-refractivity contribution is 7.92. The van der Waals surface area contributed by atoms with Crippen molar-refractivity contribution in [3.05, 3.63) is 63.9 Å². The van der Waals surface area contributed by atoms with E-state index in [0.29, 0.717) is 23.4 Å². The third kappa shape index (κ3) is 6.11. The number of rotatable bonds is 8. The number of aromatic nitrogens is 4. The maximum Gasteiger partial charge on any atom is 0.267 e. The third-order valence-corrected chi connectivity index (χ3v) is 8.94. The number of fused-ring (bicyclic) bond motifs is 1. The van der Waals surface area contributed by atoms with Crippen LogP contribution in [-0.4, -0.2) is 54.0 Å². The Hall–Kier alpha value is -4.30. The van der Waals surface area contributed by atoms with Gasteiger partial charge in [0, 0.05) is 49.4 Å². The predicted molar refractivity (Wildman–Crippen MR) is 160 cm³/mol. The lowest BCUT2D eigenvalue weighted by molar-refractivity contribution is -0.125. The van der Waals surface area contributed by atoms with E-state index < -0.39 is 21.4 Å². The van der Waals surface area contributed by atoms with Crippen LogP contribution in [0.3, 0.4) is 0 Å². The number of amides is 1. The highest BCUT2D eigenvalue weighted by Gasteiger charge is 2.28. The molecule has 1 amide bonds. The maximum atomic E-state index is 15.8. The van der Waals surface area contributed by atoms with Crippen molar-refractivity contribution in [1.82, 2.24) is 24.8 Å². The summed E-state index contributed by atoms with van der Waals surface area (Å²) in [5, 5.41) is 6.48. The molecule has 226 valence electrons. The van der Waals surface area contributed by atoms with Crippen LogP contribution < -0.4 is 25.7 Å². The molecule has 0 unspecified atom stereocenters. The minimum Gasteiger partial charge on any atom is -0.480 e. The first-order chi connectivity index (χ1) is 20.5. The number of pyridine rings is 2. The lowest BCUT2D eigenvalue weighted by Crippen LogP contribution is -2.36. The van der Waals surface area contributed by atoms with Gasteiger partial charge in [0.1, 0.15) is 5.65 Å². The van der Waals surface area contributed by atoms with Crippen molar-refractivity contribution >= 4 is 50.2 Å². The lowest BCUT2D eigenvalue weighted by atomic mass is 9.85. The molecular formula is C28H29ClFN7O5S. The molecule has 12 nitrogen and oxygen atoms in total. The lowest BCUT2D eigenvalue weighted by Gasteiger charge is -2.28. The quantitative estimate of drug-likeness (QED) is 0.264. The van der Waals surface area contributed by atoms with Gasteiger partial charge in [-0.1, -0.05) is 30.2 Å². The second-order valence-corrected chi connectivity index (χ2v) is 12.2. The fourth-order valence-corrected chi connectivity index (χ4v) is 6.66. The van der Waals surface area contributed by atoms with Crippen LogP contribution in [0.25, 0.3) is 22.2 Å². The molecule has 2 atom stereocenters. The average molecular weight is 630 g/mol. The van der Waals surface area contributed by atoms with E-state index in [4.69, 9.17) is 16.3 Å². The number of hydrogen-bond acceptors (Lipinski definition) is 9. The van der Waals surface area contributed by atoms with Crippen LogP contribution >= 0.6 is 11.6 Å². The molecule has 0 bridgehead atoms. The zero-order valence-corrected chi connectivity index (χ0v) is 25.1. The maximum absolute atomic E-state index is 15.8. The Morgan fingerprint density at radius 1 is 1.16 bits per heavy atom. The molecule has 3 aromatic heterocycles. The van der Waals surface area contributed by atoms with E-state index in [-0.39, 0.29) is 50.5 Å². The van der Waals surface area contributed by atoms with Crippen LogP contribution in [0.2, 0.25) is 5.02 Å². The number of carbonyl (C=O) groups excluding carboxylic acids is 1. The van der Waals surface area contributed by atoms with Crippen molar-refractivity contribution in [1.29, 1.82) is 0 Å². The molecule has 43 heavy (non-hydrogen) atoms. The first-order valence-electron chi connectivity index (χ1n) is 13.4. The monoisotopic (exact) mass is 629 g/mol. The molecular weight excluding hydrogens is 601 g/mol. The van der Waals surface area contributed by atoms with Crippen LogP contribution in [-0.2, 0) is 21.9 Å². The van der Waals surface area contributed by atoms with Gasteiger partial charge in [-0.05, 0) is 37.5 Å². The van der Waals surface area contributed by atoms with E-state index in [1.54, 1.807) is 7.05 Å². The van der Waals surface area contributed by atoms with Crippen molar-refractivity contribution in [2.45, 2.75) is 36.6 Å². The number of hydrogen-bond donors (Lipinski definition) is 3. The second-order valence-electron chi connectivity index (χ2n) is 10.1. The summed E-state index contributed by atoms with van der Waals surface area (Å²) in [4.78, 5) is 37.9. The Morgan fingerprint density at radius 2 is 1.95 bits per heavy atom. The number of anilines is 2. The average Bonchev–Trinajstić information content (AvgIpc) is 3.00. The molecule has 1 aliphatic carbocycles. The van der Waals surface area contributed by atoms with Gasteiger partial charge in [-0.3, -0.25) is 18.9 Å². The van der Waals surface area contributed by atoms with Gasteiger partial charge < -0.3 is 15.4 Å². The summed E-state index contributed by atoms with van der Waals surface area (Å²) < 4.78 is 50.5. The smallest absolute Gasteiger partial charge is 0.267 e. The normalized spacial score (nSPS) is 17.0. The van der Waals surface area contributed by atoms with Crippen LogP contribution in [0.15, 0.2) is 52.4 Å². The van der Waals surface area contributed by atoms with Gasteiger partial charge in [0.2, 0.25) is 17.7 Å². The molecule has 3 heterocycles. The Kier molecular flexibility index (Phi) is 8.51. The minimum atomic E-state index is -4.37. The van der Waals surface area contributed by atoms with Crippen LogP contribution in [0.4, 0.5) is 16.0 Å². The van der Waals surface area contributed by atoms with Crippen molar-refractivity contribution < 1.29 is 22.3 Å². The summed E-state index contributed by atoms with van der Waals surface area (Å²) in [7, 11) is 0.00136. The van der Waals surface area contributed by atoms with Gasteiger partial charge in [-0.25, -0.2) is 22.8 Å². The SMILES string of the molecule is CNC(=O)[C@H]1CCC[C@H](Nc2ncc3cc(-c4cccc(NS(=O)(=O)c5cc(Cl)cnc5OC)c4F)c(=O)n(C)c3n2)C1. The van der Waals surface area contributed by atoms with Crippen LogP contribution in [0, 0.1) is 11.7 Å². The molecule has 1 aromatic carbocycles. The van der Waals surface area contributed by atoms with Crippen molar-refractivity contribution in [2.75, 3.05) is 24.2 Å². The van der Waals surface area contributed by atoms with Gasteiger partial charge >= 0.3 is 0 Å². The van der Waals surface area contributed by atoms with E-state index in [2.05, 4.69) is 30.3 Å². The summed E-state index contributed by atoms with van der Waals surface area (Å²) >= 11 is 5.93. The molecule has 0 saturated heterocycles. The topological polar surface area (TPSA) is 157 Å². The zero-order chi connectivity index (χ0) is 30.9. The molecule has 1 aliphatic rings. The largest absolute Gasteiger partial charge is 0.480 e. The molecule has 15 heteroatoms. The second kappa shape index (κ2) is 12.1. The number of aryl methyl sites for hydroxylation is 1. The van der Waals surface area contributed by atoms with E-state index in [9.17, 15) is 18.0 Å². The number of carbonyl (C=O) groups is 1. The summed E-state index contributed by atoms with van der Waals surface area (Å²) in [6.45, 7) is 0. The first-order valence-corrected chi connectivity index (χ1v) is 15.2. The van der Waals surface area contributed by atoms with Crippen LogP contribution in [0.1, 0.15) is 25.7 Å². The minimum absolute atomic E-state index is 0.00570. The number of methoxy groups -OCH3 is 1. The number of sulfonamides is 1. The number of benzene rings is 1. The fourth-order valence-electron chi connectivity index (χ4n) is 5.23. The highest BCUT2D eigenvalue weighted by atomic mass is 35.5. The molecule has 3 N–H and O–H groups in total. The van der Waals surface area contributed by atoms with Crippen LogP contribution in [0.5, 0.6) is 5.88 Å². The van der Waals surface area contributed by atoms with Crippen molar-refractivity contribution in [2.24, 2.45) is 13.0 Å². The molecule has 1 fully saturated rings. The predicted octanol–water partition coefficient (Wildman–Crippen LogP) is 3.71. The van der Waals surface area contributed by atoms with E-state index in [1.807, 2.05) is 0 Å². The van der Waals surface area contributed by atoms with Gasteiger partial charge in [0.15, 0.2) is 10.7 Å². The van der Waals surface area contributed by atoms with Gasteiger partial charge in [0.05, 0.1) is 23.4 Å². The number of ether oxygens (including phenoxy) is 1. The summed E-state index contributed by atoms with van der Waals surface area (Å²) in [6.07, 6.45) is 5.94. The molecule has 1 saturated carbocycles.